The zero-order valence-electron chi connectivity index (χ0n) is 26.0. The minimum atomic E-state index is -0.982. The SMILES string of the molecule is CCCCCCCCCCCCCCCCC[C@@H](C[C@@H]1OC(=O)[C@H]1CC)OC(=O)C(CCc1ccccc1)C(N)=O. The van der Waals surface area contributed by atoms with E-state index in [9.17, 15) is 14.4 Å². The molecule has 1 heterocycles. The predicted octanol–water partition coefficient (Wildman–Crippen LogP) is 8.24. The maximum absolute atomic E-state index is 13.0. The average molecular weight is 572 g/mol. The van der Waals surface area contributed by atoms with Crippen LogP contribution in [0.2, 0.25) is 0 Å². The maximum Gasteiger partial charge on any atom is 0.318 e. The van der Waals surface area contributed by atoms with Crippen LogP contribution in [0.4, 0.5) is 0 Å². The molecule has 1 saturated heterocycles. The molecule has 1 amide bonds. The molecule has 2 rings (SSSR count). The molecule has 232 valence electrons. The Morgan fingerprint density at radius 1 is 0.805 bits per heavy atom. The monoisotopic (exact) mass is 571 g/mol. The van der Waals surface area contributed by atoms with Crippen molar-refractivity contribution in [3.05, 3.63) is 35.9 Å². The van der Waals surface area contributed by atoms with E-state index in [1.165, 1.54) is 83.5 Å². The quantitative estimate of drug-likeness (QED) is 0.0724. The molecular weight excluding hydrogens is 514 g/mol. The highest BCUT2D eigenvalue weighted by Gasteiger charge is 2.42. The van der Waals surface area contributed by atoms with Crippen LogP contribution in [0.15, 0.2) is 30.3 Å². The molecule has 0 spiro atoms. The molecule has 1 unspecified atom stereocenters. The van der Waals surface area contributed by atoms with Crippen molar-refractivity contribution in [3.63, 3.8) is 0 Å². The molecule has 1 aromatic carbocycles. The molecule has 0 bridgehead atoms. The van der Waals surface area contributed by atoms with Gasteiger partial charge in [-0.05, 0) is 37.7 Å². The van der Waals surface area contributed by atoms with E-state index in [4.69, 9.17) is 15.2 Å². The third kappa shape index (κ3) is 14.4. The van der Waals surface area contributed by atoms with Gasteiger partial charge in [0, 0.05) is 6.42 Å². The fraction of sp³-hybridized carbons (Fsp3) is 0.743. The summed E-state index contributed by atoms with van der Waals surface area (Å²) in [7, 11) is 0. The summed E-state index contributed by atoms with van der Waals surface area (Å²) in [5.74, 6) is -2.50. The van der Waals surface area contributed by atoms with Crippen LogP contribution in [0.3, 0.4) is 0 Å². The number of carbonyl (C=O) groups is 3. The van der Waals surface area contributed by atoms with Gasteiger partial charge in [0.1, 0.15) is 18.1 Å². The van der Waals surface area contributed by atoms with Gasteiger partial charge in [0.05, 0.1) is 5.92 Å². The molecule has 6 nitrogen and oxygen atoms in total. The molecule has 1 fully saturated rings. The lowest BCUT2D eigenvalue weighted by Crippen LogP contribution is -2.47. The first kappa shape index (κ1) is 34.8. The number of nitrogens with two attached hydrogens (primary N) is 1. The summed E-state index contributed by atoms with van der Waals surface area (Å²) in [4.78, 5) is 37.0. The Labute approximate surface area is 249 Å². The van der Waals surface area contributed by atoms with E-state index in [2.05, 4.69) is 6.92 Å². The summed E-state index contributed by atoms with van der Waals surface area (Å²) in [5, 5.41) is 0. The highest BCUT2D eigenvalue weighted by Crippen LogP contribution is 2.31. The Morgan fingerprint density at radius 2 is 1.34 bits per heavy atom. The summed E-state index contributed by atoms with van der Waals surface area (Å²) >= 11 is 0. The molecule has 1 aromatic rings. The first-order chi connectivity index (χ1) is 20.0. The fourth-order valence-corrected chi connectivity index (χ4v) is 5.85. The average Bonchev–Trinajstić information content (AvgIpc) is 2.95. The van der Waals surface area contributed by atoms with Crippen LogP contribution < -0.4 is 5.73 Å². The van der Waals surface area contributed by atoms with Crippen molar-refractivity contribution in [2.45, 2.75) is 154 Å². The highest BCUT2D eigenvalue weighted by molar-refractivity contribution is 5.97. The van der Waals surface area contributed by atoms with Crippen molar-refractivity contribution < 1.29 is 23.9 Å². The van der Waals surface area contributed by atoms with Crippen molar-refractivity contribution in [1.29, 1.82) is 0 Å². The molecule has 1 aliphatic rings. The summed E-state index contributed by atoms with van der Waals surface area (Å²) in [6, 6.07) is 9.74. The number of carbonyl (C=O) groups excluding carboxylic acids is 3. The van der Waals surface area contributed by atoms with Crippen LogP contribution in [-0.4, -0.2) is 30.1 Å². The van der Waals surface area contributed by atoms with Gasteiger partial charge in [0.15, 0.2) is 0 Å². The molecule has 6 heteroatoms. The predicted molar refractivity (Wildman–Crippen MR) is 165 cm³/mol. The Bertz CT molecular complexity index is 857. The molecule has 0 aliphatic carbocycles. The number of benzene rings is 1. The van der Waals surface area contributed by atoms with Gasteiger partial charge in [-0.25, -0.2) is 0 Å². The number of aryl methyl sites for hydroxylation is 1. The Kier molecular flexibility index (Phi) is 18.1. The normalized spacial score (nSPS) is 17.9. The van der Waals surface area contributed by atoms with Gasteiger partial charge in [0.2, 0.25) is 5.91 Å². The number of amides is 1. The topological polar surface area (TPSA) is 95.7 Å². The minimum absolute atomic E-state index is 0.137. The fourth-order valence-electron chi connectivity index (χ4n) is 5.85. The van der Waals surface area contributed by atoms with Crippen LogP contribution in [0.5, 0.6) is 0 Å². The minimum Gasteiger partial charge on any atom is -0.462 e. The van der Waals surface area contributed by atoms with Crippen molar-refractivity contribution in [3.8, 4) is 0 Å². The number of rotatable bonds is 25. The summed E-state index contributed by atoms with van der Waals surface area (Å²) in [5.41, 5.74) is 6.65. The number of esters is 2. The van der Waals surface area contributed by atoms with Crippen LogP contribution in [0, 0.1) is 11.8 Å². The van der Waals surface area contributed by atoms with Crippen LogP contribution >= 0.6 is 0 Å². The first-order valence-electron chi connectivity index (χ1n) is 16.7. The zero-order valence-corrected chi connectivity index (χ0v) is 26.0. The number of hydrogen-bond donors (Lipinski definition) is 1. The van der Waals surface area contributed by atoms with Gasteiger partial charge in [-0.2, -0.15) is 0 Å². The van der Waals surface area contributed by atoms with Gasteiger partial charge in [-0.15, -0.1) is 0 Å². The second kappa shape index (κ2) is 21.4. The maximum atomic E-state index is 13.0. The Morgan fingerprint density at radius 3 is 1.83 bits per heavy atom. The van der Waals surface area contributed by atoms with Gasteiger partial charge in [0.25, 0.3) is 0 Å². The Balaban J connectivity index is 1.69. The largest absolute Gasteiger partial charge is 0.462 e. The van der Waals surface area contributed by atoms with Gasteiger partial charge in [-0.1, -0.05) is 134 Å². The summed E-state index contributed by atoms with van der Waals surface area (Å²) < 4.78 is 11.3. The van der Waals surface area contributed by atoms with Crippen LogP contribution in [0.25, 0.3) is 0 Å². The highest BCUT2D eigenvalue weighted by atomic mass is 16.6. The molecule has 1 aliphatic heterocycles. The molecule has 0 radical (unpaired) electrons. The molecule has 41 heavy (non-hydrogen) atoms. The number of unbranched alkanes of at least 4 members (excludes halogenated alkanes) is 14. The van der Waals surface area contributed by atoms with Gasteiger partial charge in [-0.3, -0.25) is 14.4 Å². The third-order valence-corrected chi connectivity index (χ3v) is 8.56. The van der Waals surface area contributed by atoms with Crippen molar-refractivity contribution in [2.24, 2.45) is 17.6 Å². The van der Waals surface area contributed by atoms with E-state index in [1.54, 1.807) is 0 Å². The zero-order chi connectivity index (χ0) is 29.7. The smallest absolute Gasteiger partial charge is 0.318 e. The lowest BCUT2D eigenvalue weighted by molar-refractivity contribution is -0.190. The standard InChI is InChI=1S/C35H57NO5/c1-3-5-6-7-8-9-10-11-12-13-14-15-16-17-21-24-29(27-32-30(4-2)34(38)41-32)40-35(39)31(33(36)37)26-25-28-22-19-18-20-23-28/h18-20,22-23,29-32H,3-17,21,24-27H2,1-2H3,(H2,36,37)/t29-,30-,31?,32-/m0/s1. The van der Waals surface area contributed by atoms with E-state index in [0.29, 0.717) is 32.1 Å². The summed E-state index contributed by atoms with van der Waals surface area (Å²) in [6.45, 7) is 4.24. The van der Waals surface area contributed by atoms with Crippen LogP contribution in [0.1, 0.15) is 141 Å². The third-order valence-electron chi connectivity index (χ3n) is 8.56. The number of hydrogen-bond acceptors (Lipinski definition) is 5. The van der Waals surface area contributed by atoms with Gasteiger partial charge >= 0.3 is 11.9 Å². The molecule has 0 saturated carbocycles. The number of primary amides is 1. The molecule has 0 aromatic heterocycles. The van der Waals surface area contributed by atoms with E-state index in [1.807, 2.05) is 37.3 Å². The molecule has 2 N–H and O–H groups in total. The Hall–Kier alpha value is -2.37. The first-order valence-corrected chi connectivity index (χ1v) is 16.7. The van der Waals surface area contributed by atoms with Crippen molar-refractivity contribution in [1.82, 2.24) is 0 Å². The van der Waals surface area contributed by atoms with Gasteiger partial charge < -0.3 is 15.2 Å². The van der Waals surface area contributed by atoms with E-state index in [-0.39, 0.29) is 24.1 Å². The second-order valence-corrected chi connectivity index (χ2v) is 12.0. The summed E-state index contributed by atoms with van der Waals surface area (Å²) in [6.07, 6.45) is 21.6. The lowest BCUT2D eigenvalue weighted by atomic mass is 9.88. The number of cyclic esters (lactones) is 1. The van der Waals surface area contributed by atoms with E-state index >= 15 is 0 Å². The van der Waals surface area contributed by atoms with Crippen LogP contribution in [-0.2, 0) is 30.3 Å². The molecular formula is C35H57NO5. The lowest BCUT2D eigenvalue weighted by Gasteiger charge is -2.36. The van der Waals surface area contributed by atoms with E-state index < -0.39 is 17.8 Å². The second-order valence-electron chi connectivity index (χ2n) is 12.0. The molecule has 4 atom stereocenters. The van der Waals surface area contributed by atoms with Crippen molar-refractivity contribution in [2.75, 3.05) is 0 Å². The number of ether oxygens (including phenoxy) is 2. The van der Waals surface area contributed by atoms with E-state index in [0.717, 1.165) is 18.4 Å². The van der Waals surface area contributed by atoms with Crippen molar-refractivity contribution >= 4 is 17.8 Å².